The first-order chi connectivity index (χ1) is 19.2. The third kappa shape index (κ3) is 4.54. The first-order valence-corrected chi connectivity index (χ1v) is 13.6. The van der Waals surface area contributed by atoms with E-state index in [1.54, 1.807) is 0 Å². The lowest BCUT2D eigenvalue weighted by Gasteiger charge is -2.28. The van der Waals surface area contributed by atoms with Gasteiger partial charge in [0.2, 0.25) is 0 Å². The maximum absolute atomic E-state index is 12.9. The highest BCUT2D eigenvalue weighted by Crippen LogP contribution is 2.45. The highest BCUT2D eigenvalue weighted by atomic mass is 32.2. The predicted molar refractivity (Wildman–Crippen MR) is 149 cm³/mol. The Morgan fingerprint density at radius 2 is 1.27 bits per heavy atom. The Labute approximate surface area is 227 Å². The molecule has 1 aromatic heterocycles. The minimum Gasteiger partial charge on any atom is -0.454 e. The summed E-state index contributed by atoms with van der Waals surface area (Å²) in [6, 6.07) is 36.3. The van der Waals surface area contributed by atoms with Crippen molar-refractivity contribution in [3.8, 4) is 16.9 Å². The molecule has 0 unspecified atom stereocenters. The molecule has 0 atom stereocenters. The molecule has 0 spiro atoms. The van der Waals surface area contributed by atoms with Crippen molar-refractivity contribution in [1.82, 2.24) is 0 Å². The Morgan fingerprint density at radius 1 is 0.650 bits per heavy atom. The molecule has 0 amide bonds. The molecule has 9 heteroatoms. The topological polar surface area (TPSA) is 59.8 Å². The fourth-order valence-electron chi connectivity index (χ4n) is 4.67. The second-order valence-corrected chi connectivity index (χ2v) is 10.5. The zero-order valence-electron chi connectivity index (χ0n) is 20.7. The molecule has 6 aromatic rings. The van der Waals surface area contributed by atoms with Crippen LogP contribution < -0.4 is 9.08 Å². The number of fused-ring (bicyclic) bond motifs is 3. The molecule has 0 bridgehead atoms. The minimum absolute atomic E-state index is 0.459. The summed E-state index contributed by atoms with van der Waals surface area (Å²) < 4.78 is 72.4. The van der Waals surface area contributed by atoms with Crippen LogP contribution in [0.4, 0.5) is 30.2 Å². The van der Waals surface area contributed by atoms with E-state index in [1.807, 2.05) is 102 Å². The summed E-state index contributed by atoms with van der Waals surface area (Å²) in [7, 11) is -5.80. The van der Waals surface area contributed by atoms with Gasteiger partial charge in [0.15, 0.2) is 5.58 Å². The molecule has 0 fully saturated rings. The summed E-state index contributed by atoms with van der Waals surface area (Å²) in [4.78, 5) is 1.93. The molecular weight excluding hydrogens is 539 g/mol. The monoisotopic (exact) mass is 559 g/mol. The number of halogens is 3. The number of nitrogens with zero attached hydrogens (tertiary/aromatic N) is 1. The summed E-state index contributed by atoms with van der Waals surface area (Å²) in [5, 5.41) is 1.84. The van der Waals surface area contributed by atoms with Crippen molar-refractivity contribution in [2.45, 2.75) is 5.51 Å². The SMILES string of the molecule is O=S(=O)(Oc1ccc(N(c2ccccc2-c2ccccc2)c2cccc3c2oc2ccccc23)cc1)C(F)(F)F. The lowest BCUT2D eigenvalue weighted by molar-refractivity contribution is -0.0500. The molecular formula is C31H20F3NO4S. The predicted octanol–water partition coefficient (Wildman–Crippen LogP) is 8.95. The summed E-state index contributed by atoms with van der Waals surface area (Å²) in [5.74, 6) is -0.459. The van der Waals surface area contributed by atoms with Crippen molar-refractivity contribution in [2.24, 2.45) is 0 Å². The number of anilines is 3. The Balaban J connectivity index is 1.55. The summed E-state index contributed by atoms with van der Waals surface area (Å²) in [6.45, 7) is 0. The molecule has 0 saturated carbocycles. The molecule has 0 N–H and O–H groups in total. The number of furan rings is 1. The summed E-state index contributed by atoms with van der Waals surface area (Å²) >= 11 is 0. The highest BCUT2D eigenvalue weighted by molar-refractivity contribution is 7.88. The number of hydrogen-bond donors (Lipinski definition) is 0. The Bertz CT molecular complexity index is 1930. The molecule has 0 saturated heterocycles. The van der Waals surface area contributed by atoms with Gasteiger partial charge in [-0.15, -0.1) is 0 Å². The van der Waals surface area contributed by atoms with Crippen LogP contribution in [-0.2, 0) is 10.1 Å². The quantitative estimate of drug-likeness (QED) is 0.151. The van der Waals surface area contributed by atoms with Crippen LogP contribution in [0.3, 0.4) is 0 Å². The number of alkyl halides is 3. The second-order valence-electron chi connectivity index (χ2n) is 8.95. The zero-order valence-corrected chi connectivity index (χ0v) is 21.5. The van der Waals surface area contributed by atoms with E-state index in [1.165, 1.54) is 24.3 Å². The van der Waals surface area contributed by atoms with Gasteiger partial charge >= 0.3 is 15.6 Å². The molecule has 0 aliphatic carbocycles. The average molecular weight is 560 g/mol. The normalized spacial score (nSPS) is 12.1. The fraction of sp³-hybridized carbons (Fsp3) is 0.0323. The van der Waals surface area contributed by atoms with Crippen LogP contribution in [0, 0.1) is 0 Å². The van der Waals surface area contributed by atoms with Gasteiger partial charge in [-0.05, 0) is 48.0 Å². The van der Waals surface area contributed by atoms with Crippen molar-refractivity contribution in [1.29, 1.82) is 0 Å². The van der Waals surface area contributed by atoms with Gasteiger partial charge in [-0.3, -0.25) is 0 Å². The lowest BCUT2D eigenvalue weighted by Crippen LogP contribution is -2.28. The van der Waals surface area contributed by atoms with Gasteiger partial charge in [0.1, 0.15) is 11.3 Å². The van der Waals surface area contributed by atoms with E-state index in [2.05, 4.69) is 4.18 Å². The van der Waals surface area contributed by atoms with Crippen LogP contribution in [-0.4, -0.2) is 13.9 Å². The van der Waals surface area contributed by atoms with Crippen molar-refractivity contribution in [3.63, 3.8) is 0 Å². The van der Waals surface area contributed by atoms with Crippen molar-refractivity contribution in [2.75, 3.05) is 4.90 Å². The van der Waals surface area contributed by atoms with E-state index in [9.17, 15) is 21.6 Å². The van der Waals surface area contributed by atoms with Gasteiger partial charge in [0, 0.05) is 22.0 Å². The molecule has 200 valence electrons. The fourth-order valence-corrected chi connectivity index (χ4v) is 5.13. The third-order valence-corrected chi connectivity index (χ3v) is 7.42. The Kier molecular flexibility index (Phi) is 6.23. The number of benzene rings is 5. The zero-order chi connectivity index (χ0) is 27.9. The molecule has 0 aliphatic heterocycles. The third-order valence-electron chi connectivity index (χ3n) is 6.44. The molecule has 0 radical (unpaired) electrons. The van der Waals surface area contributed by atoms with Crippen molar-refractivity contribution < 1.29 is 30.2 Å². The lowest BCUT2D eigenvalue weighted by atomic mass is 10.0. The van der Waals surface area contributed by atoms with E-state index >= 15 is 0 Å². The van der Waals surface area contributed by atoms with Crippen molar-refractivity contribution in [3.05, 3.63) is 121 Å². The number of rotatable bonds is 6. The van der Waals surface area contributed by atoms with Gasteiger partial charge in [-0.1, -0.05) is 78.9 Å². The Morgan fingerprint density at radius 3 is 2.02 bits per heavy atom. The Hall–Kier alpha value is -4.76. The molecule has 0 aliphatic rings. The summed E-state index contributed by atoms with van der Waals surface area (Å²) in [5.41, 5.74) is -0.343. The van der Waals surface area contributed by atoms with E-state index in [-0.39, 0.29) is 0 Å². The van der Waals surface area contributed by atoms with Crippen molar-refractivity contribution >= 4 is 49.1 Å². The molecule has 1 heterocycles. The average Bonchev–Trinajstić information content (AvgIpc) is 3.34. The van der Waals surface area contributed by atoms with Crippen LogP contribution in [0.2, 0.25) is 0 Å². The van der Waals surface area contributed by atoms with Gasteiger partial charge in [0.05, 0.1) is 11.4 Å². The van der Waals surface area contributed by atoms with E-state index in [0.717, 1.165) is 27.6 Å². The van der Waals surface area contributed by atoms with Crippen LogP contribution in [0.5, 0.6) is 5.75 Å². The summed E-state index contributed by atoms with van der Waals surface area (Å²) in [6.07, 6.45) is 0. The van der Waals surface area contributed by atoms with Crippen LogP contribution in [0.15, 0.2) is 126 Å². The first-order valence-electron chi connectivity index (χ1n) is 12.2. The maximum Gasteiger partial charge on any atom is 0.534 e. The van der Waals surface area contributed by atoms with E-state index < -0.39 is 21.4 Å². The molecule has 5 aromatic carbocycles. The largest absolute Gasteiger partial charge is 0.534 e. The van der Waals surface area contributed by atoms with Crippen LogP contribution in [0.25, 0.3) is 33.1 Å². The maximum atomic E-state index is 12.9. The standard InChI is InChI=1S/C31H20F3NO4S/c32-31(33,34)40(36,37)39-23-19-17-22(18-20-23)35(27-14-6-4-11-24(27)21-9-2-1-3-10-21)28-15-8-13-26-25-12-5-7-16-29(25)38-30(26)28/h1-20H. The first kappa shape index (κ1) is 25.5. The smallest absolute Gasteiger partial charge is 0.454 e. The van der Waals surface area contributed by atoms with Crippen LogP contribution >= 0.6 is 0 Å². The van der Waals surface area contributed by atoms with Gasteiger partial charge in [0.25, 0.3) is 0 Å². The minimum atomic E-state index is -5.80. The van der Waals surface area contributed by atoms with E-state index in [0.29, 0.717) is 22.5 Å². The number of para-hydroxylation sites is 3. The molecule has 6 rings (SSSR count). The van der Waals surface area contributed by atoms with Gasteiger partial charge < -0.3 is 13.5 Å². The van der Waals surface area contributed by atoms with Gasteiger partial charge in [-0.25, -0.2) is 0 Å². The highest BCUT2D eigenvalue weighted by Gasteiger charge is 2.48. The second kappa shape index (κ2) is 9.77. The van der Waals surface area contributed by atoms with Gasteiger partial charge in [-0.2, -0.15) is 21.6 Å². The van der Waals surface area contributed by atoms with Crippen LogP contribution in [0.1, 0.15) is 0 Å². The van der Waals surface area contributed by atoms with E-state index in [4.69, 9.17) is 4.42 Å². The molecule has 5 nitrogen and oxygen atoms in total. The molecule has 40 heavy (non-hydrogen) atoms. The number of hydrogen-bond acceptors (Lipinski definition) is 5.